The Morgan fingerprint density at radius 3 is 2.71 bits per heavy atom. The van der Waals surface area contributed by atoms with Gasteiger partial charge in [-0.05, 0) is 37.5 Å². The van der Waals surface area contributed by atoms with Crippen LogP contribution >= 0.6 is 0 Å². The fraction of sp³-hybridized carbons (Fsp3) is 0.400. The molecule has 1 aromatic rings. The molecule has 2 N–H and O–H groups in total. The van der Waals surface area contributed by atoms with E-state index in [2.05, 4.69) is 5.32 Å². The Morgan fingerprint density at radius 2 is 2.05 bits per heavy atom. The number of carbonyl (C=O) groups excluding carboxylic acids is 2. The molecule has 1 saturated heterocycles. The molecular formula is C15H18N2O4. The molecule has 0 aromatic heterocycles. The Balaban J connectivity index is 2.22. The van der Waals surface area contributed by atoms with Crippen molar-refractivity contribution < 1.29 is 19.5 Å². The van der Waals surface area contributed by atoms with Gasteiger partial charge >= 0.3 is 5.97 Å². The Kier molecular flexibility index (Phi) is 4.57. The minimum absolute atomic E-state index is 0.221. The van der Waals surface area contributed by atoms with E-state index in [9.17, 15) is 19.5 Å². The molecule has 0 saturated carbocycles. The van der Waals surface area contributed by atoms with E-state index in [-0.39, 0.29) is 11.8 Å². The zero-order valence-corrected chi connectivity index (χ0v) is 11.8. The molecule has 0 aliphatic carbocycles. The number of carboxylic acids is 1. The summed E-state index contributed by atoms with van der Waals surface area (Å²) in [4.78, 5) is 36.2. The number of rotatable bonds is 3. The van der Waals surface area contributed by atoms with Crippen molar-refractivity contribution in [3.8, 4) is 0 Å². The number of carboxylic acid groups (broad SMARTS) is 1. The number of hydrogen-bond donors (Lipinski definition) is 2. The van der Waals surface area contributed by atoms with E-state index < -0.39 is 12.0 Å². The molecule has 6 heteroatoms. The molecule has 2 amide bonds. The molecular weight excluding hydrogens is 272 g/mol. The number of nitrogens with one attached hydrogen (secondary N) is 1. The molecule has 21 heavy (non-hydrogen) atoms. The summed E-state index contributed by atoms with van der Waals surface area (Å²) < 4.78 is 0. The van der Waals surface area contributed by atoms with E-state index in [1.54, 1.807) is 24.3 Å². The van der Waals surface area contributed by atoms with Gasteiger partial charge < -0.3 is 15.3 Å². The fourth-order valence-corrected chi connectivity index (χ4v) is 2.53. The van der Waals surface area contributed by atoms with E-state index in [1.807, 2.05) is 0 Å². The van der Waals surface area contributed by atoms with Crippen LogP contribution in [0.15, 0.2) is 24.3 Å². The predicted octanol–water partition coefficient (Wildman–Crippen LogP) is 1.72. The maximum atomic E-state index is 12.5. The molecule has 1 aromatic carbocycles. The highest BCUT2D eigenvalue weighted by Crippen LogP contribution is 2.21. The second-order valence-corrected chi connectivity index (χ2v) is 5.11. The minimum Gasteiger partial charge on any atom is -0.480 e. The van der Waals surface area contributed by atoms with Gasteiger partial charge in [0.25, 0.3) is 5.91 Å². The number of carbonyl (C=O) groups is 3. The average molecular weight is 290 g/mol. The van der Waals surface area contributed by atoms with Crippen molar-refractivity contribution >= 4 is 23.5 Å². The van der Waals surface area contributed by atoms with Gasteiger partial charge in [0.1, 0.15) is 6.04 Å². The normalized spacial score (nSPS) is 18.1. The average Bonchev–Trinajstić information content (AvgIpc) is 2.46. The molecule has 1 heterocycles. The molecule has 1 atom stereocenters. The molecule has 0 unspecified atom stereocenters. The van der Waals surface area contributed by atoms with Gasteiger partial charge in [0.2, 0.25) is 5.91 Å². The summed E-state index contributed by atoms with van der Waals surface area (Å²) in [5.41, 5.74) is 0.909. The first-order valence-corrected chi connectivity index (χ1v) is 6.90. The van der Waals surface area contributed by atoms with Gasteiger partial charge in [0.15, 0.2) is 0 Å². The van der Waals surface area contributed by atoms with E-state index in [4.69, 9.17) is 0 Å². The van der Waals surface area contributed by atoms with Gasteiger partial charge in [-0.2, -0.15) is 0 Å². The van der Waals surface area contributed by atoms with Crippen molar-refractivity contribution in [3.63, 3.8) is 0 Å². The number of amides is 2. The lowest BCUT2D eigenvalue weighted by atomic mass is 10.0. The number of aliphatic carboxylic acids is 1. The lowest BCUT2D eigenvalue weighted by Crippen LogP contribution is -2.47. The van der Waals surface area contributed by atoms with Gasteiger partial charge in [-0.25, -0.2) is 4.79 Å². The predicted molar refractivity (Wildman–Crippen MR) is 77.1 cm³/mol. The standard InChI is InChI=1S/C15H18N2O4/c1-10(18)16-12-6-4-5-11(9-12)14(19)17-8-3-2-7-13(17)15(20)21/h4-6,9,13H,2-3,7-8H2,1H3,(H,16,18)(H,20,21)/t13-/m1/s1. The topological polar surface area (TPSA) is 86.7 Å². The molecule has 6 nitrogen and oxygen atoms in total. The summed E-state index contributed by atoms with van der Waals surface area (Å²) in [5, 5.41) is 11.8. The number of nitrogens with zero attached hydrogens (tertiary/aromatic N) is 1. The van der Waals surface area contributed by atoms with Gasteiger partial charge in [-0.3, -0.25) is 9.59 Å². The van der Waals surface area contributed by atoms with Crippen LogP contribution in [-0.2, 0) is 9.59 Å². The van der Waals surface area contributed by atoms with E-state index in [0.717, 1.165) is 12.8 Å². The summed E-state index contributed by atoms with van der Waals surface area (Å²) >= 11 is 0. The lowest BCUT2D eigenvalue weighted by Gasteiger charge is -2.33. The third-order valence-electron chi connectivity index (χ3n) is 3.48. The molecule has 112 valence electrons. The van der Waals surface area contributed by atoms with Crippen LogP contribution in [0.4, 0.5) is 5.69 Å². The van der Waals surface area contributed by atoms with E-state index >= 15 is 0 Å². The van der Waals surface area contributed by atoms with Crippen LogP contribution in [0.2, 0.25) is 0 Å². The fourth-order valence-electron chi connectivity index (χ4n) is 2.53. The van der Waals surface area contributed by atoms with Crippen molar-refractivity contribution in [2.24, 2.45) is 0 Å². The number of likely N-dealkylation sites (tertiary alicyclic amines) is 1. The Morgan fingerprint density at radius 1 is 1.29 bits per heavy atom. The molecule has 0 spiro atoms. The summed E-state index contributed by atoms with van der Waals surface area (Å²) in [6.45, 7) is 1.83. The van der Waals surface area contributed by atoms with Crippen molar-refractivity contribution in [1.29, 1.82) is 0 Å². The number of hydrogen-bond acceptors (Lipinski definition) is 3. The Bertz CT molecular complexity index is 571. The summed E-state index contributed by atoms with van der Waals surface area (Å²) in [7, 11) is 0. The van der Waals surface area contributed by atoms with Crippen LogP contribution in [0, 0.1) is 0 Å². The van der Waals surface area contributed by atoms with Crippen LogP contribution in [0.5, 0.6) is 0 Å². The highest BCUT2D eigenvalue weighted by molar-refractivity contribution is 5.98. The number of benzene rings is 1. The SMILES string of the molecule is CC(=O)Nc1cccc(C(=O)N2CCCC[C@@H]2C(=O)O)c1. The lowest BCUT2D eigenvalue weighted by molar-refractivity contribution is -0.143. The quantitative estimate of drug-likeness (QED) is 0.887. The molecule has 0 radical (unpaired) electrons. The zero-order valence-electron chi connectivity index (χ0n) is 11.8. The molecule has 1 aliphatic rings. The molecule has 1 aliphatic heterocycles. The van der Waals surface area contributed by atoms with Crippen molar-refractivity contribution in [2.45, 2.75) is 32.2 Å². The molecule has 0 bridgehead atoms. The molecule has 1 fully saturated rings. The third-order valence-corrected chi connectivity index (χ3v) is 3.48. The second kappa shape index (κ2) is 6.39. The monoisotopic (exact) mass is 290 g/mol. The first-order valence-electron chi connectivity index (χ1n) is 6.90. The number of anilines is 1. The maximum Gasteiger partial charge on any atom is 0.326 e. The zero-order chi connectivity index (χ0) is 15.4. The van der Waals surface area contributed by atoms with Crippen LogP contribution < -0.4 is 5.32 Å². The highest BCUT2D eigenvalue weighted by Gasteiger charge is 2.32. The van der Waals surface area contributed by atoms with Crippen molar-refractivity contribution in [3.05, 3.63) is 29.8 Å². The number of piperidine rings is 1. The summed E-state index contributed by atoms with van der Waals surface area (Å²) in [6.07, 6.45) is 2.10. The Labute approximate surface area is 122 Å². The summed E-state index contributed by atoms with van der Waals surface area (Å²) in [6, 6.07) is 5.77. The largest absolute Gasteiger partial charge is 0.480 e. The van der Waals surface area contributed by atoms with Crippen molar-refractivity contribution in [1.82, 2.24) is 4.90 Å². The maximum absolute atomic E-state index is 12.5. The van der Waals surface area contributed by atoms with Gasteiger partial charge in [-0.1, -0.05) is 6.07 Å². The Hall–Kier alpha value is -2.37. The van der Waals surface area contributed by atoms with Crippen LogP contribution in [0.25, 0.3) is 0 Å². The summed E-state index contributed by atoms with van der Waals surface area (Å²) in [5.74, 6) is -1.50. The minimum atomic E-state index is -0.971. The second-order valence-electron chi connectivity index (χ2n) is 5.11. The van der Waals surface area contributed by atoms with Gasteiger partial charge in [0.05, 0.1) is 0 Å². The van der Waals surface area contributed by atoms with Crippen LogP contribution in [0.3, 0.4) is 0 Å². The van der Waals surface area contributed by atoms with Crippen LogP contribution in [-0.4, -0.2) is 40.4 Å². The van der Waals surface area contributed by atoms with Gasteiger partial charge in [-0.15, -0.1) is 0 Å². The van der Waals surface area contributed by atoms with Crippen molar-refractivity contribution in [2.75, 3.05) is 11.9 Å². The molecule has 2 rings (SSSR count). The highest BCUT2D eigenvalue weighted by atomic mass is 16.4. The first-order chi connectivity index (χ1) is 9.99. The smallest absolute Gasteiger partial charge is 0.326 e. The van der Waals surface area contributed by atoms with E-state index in [0.29, 0.717) is 24.2 Å². The van der Waals surface area contributed by atoms with Gasteiger partial charge in [0, 0.05) is 24.7 Å². The third kappa shape index (κ3) is 3.59. The van der Waals surface area contributed by atoms with Crippen LogP contribution in [0.1, 0.15) is 36.5 Å². The first kappa shape index (κ1) is 15.0. The van der Waals surface area contributed by atoms with E-state index in [1.165, 1.54) is 11.8 Å².